The zero-order chi connectivity index (χ0) is 16.5. The number of aromatic carboxylic acids is 1. The molecule has 0 radical (unpaired) electrons. The van der Waals surface area contributed by atoms with Gasteiger partial charge < -0.3 is 9.67 Å². The molecule has 1 aromatic carbocycles. The summed E-state index contributed by atoms with van der Waals surface area (Å²) in [6, 6.07) is 4.52. The van der Waals surface area contributed by atoms with Crippen molar-refractivity contribution in [2.45, 2.75) is 11.6 Å². The summed E-state index contributed by atoms with van der Waals surface area (Å²) in [6.07, 6.45) is 3.58. The Morgan fingerprint density at radius 1 is 1.27 bits per heavy atom. The van der Waals surface area contributed by atoms with E-state index >= 15 is 0 Å². The first-order valence-corrected chi connectivity index (χ1v) is 7.98. The predicted octanol–water partition coefficient (Wildman–Crippen LogP) is 1.41. The Morgan fingerprint density at radius 2 is 1.86 bits per heavy atom. The van der Waals surface area contributed by atoms with Crippen LogP contribution in [-0.2, 0) is 16.5 Å². The number of aromatic nitrogens is 1. The van der Waals surface area contributed by atoms with Crippen molar-refractivity contribution in [1.29, 1.82) is 0 Å². The summed E-state index contributed by atoms with van der Waals surface area (Å²) < 4.78 is 38.2. The number of sulfone groups is 1. The number of carbonyl (C=O) groups is 1. The highest BCUT2D eigenvalue weighted by Gasteiger charge is 2.21. The maximum Gasteiger partial charge on any atom is 0.336 e. The van der Waals surface area contributed by atoms with Crippen molar-refractivity contribution in [2.24, 2.45) is 0 Å². The van der Waals surface area contributed by atoms with Crippen molar-refractivity contribution >= 4 is 15.8 Å². The molecule has 22 heavy (non-hydrogen) atoms. The van der Waals surface area contributed by atoms with Crippen molar-refractivity contribution in [1.82, 2.24) is 4.57 Å². The first kappa shape index (κ1) is 15.9. The van der Waals surface area contributed by atoms with E-state index in [0.29, 0.717) is 0 Å². The summed E-state index contributed by atoms with van der Waals surface area (Å²) in [5.41, 5.74) is -0.744. The molecule has 0 amide bonds. The molecule has 1 heterocycles. The first-order chi connectivity index (χ1) is 10.2. The van der Waals surface area contributed by atoms with Gasteiger partial charge in [0, 0.05) is 30.8 Å². The fourth-order valence-electron chi connectivity index (χ4n) is 1.99. The second-order valence-electron chi connectivity index (χ2n) is 4.63. The predicted molar refractivity (Wildman–Crippen MR) is 76.9 cm³/mol. The normalized spacial score (nSPS) is 11.4. The Hall–Kier alpha value is -2.48. The lowest BCUT2D eigenvalue weighted by Gasteiger charge is -2.14. The molecule has 0 unspecified atom stereocenters. The average Bonchev–Trinajstić information content (AvgIpc) is 2.45. The molecule has 1 aromatic heterocycles. The Bertz CT molecular complexity index is 881. The van der Waals surface area contributed by atoms with Crippen LogP contribution in [0.2, 0.25) is 0 Å². The Balaban J connectivity index is 2.84. The summed E-state index contributed by atoms with van der Waals surface area (Å²) in [4.78, 5) is 22.0. The number of pyridine rings is 1. The van der Waals surface area contributed by atoms with E-state index in [1.54, 1.807) is 0 Å². The summed E-state index contributed by atoms with van der Waals surface area (Å²) >= 11 is 0. The van der Waals surface area contributed by atoms with Crippen LogP contribution in [0.5, 0.6) is 0 Å². The van der Waals surface area contributed by atoms with Gasteiger partial charge in [0.25, 0.3) is 0 Å². The number of halogens is 1. The number of nitrogens with zero attached hydrogens (tertiary/aromatic N) is 1. The third-order valence-electron chi connectivity index (χ3n) is 3.04. The van der Waals surface area contributed by atoms with Gasteiger partial charge in [-0.2, -0.15) is 0 Å². The van der Waals surface area contributed by atoms with Gasteiger partial charge in [0.1, 0.15) is 6.67 Å². The fourth-order valence-corrected chi connectivity index (χ4v) is 2.87. The van der Waals surface area contributed by atoms with Crippen molar-refractivity contribution < 1.29 is 22.7 Å². The van der Waals surface area contributed by atoms with Crippen molar-refractivity contribution in [2.75, 3.05) is 6.26 Å². The van der Waals surface area contributed by atoms with Crippen LogP contribution in [0.25, 0.3) is 5.69 Å². The van der Waals surface area contributed by atoms with Gasteiger partial charge in [-0.3, -0.25) is 4.79 Å². The van der Waals surface area contributed by atoms with Gasteiger partial charge in [-0.05, 0) is 17.7 Å². The maximum atomic E-state index is 13.1. The van der Waals surface area contributed by atoms with Gasteiger partial charge >= 0.3 is 5.97 Å². The Labute approximate surface area is 125 Å². The highest BCUT2D eigenvalue weighted by atomic mass is 32.2. The molecule has 1 N–H and O–H groups in total. The van der Waals surface area contributed by atoms with Crippen LogP contribution >= 0.6 is 0 Å². The van der Waals surface area contributed by atoms with E-state index < -0.39 is 28.0 Å². The van der Waals surface area contributed by atoms with Gasteiger partial charge in [0.05, 0.1) is 16.1 Å². The van der Waals surface area contributed by atoms with E-state index in [2.05, 4.69) is 0 Å². The van der Waals surface area contributed by atoms with Gasteiger partial charge in [-0.25, -0.2) is 17.6 Å². The fraction of sp³-hybridized carbons (Fsp3) is 0.143. The highest BCUT2D eigenvalue weighted by Crippen LogP contribution is 2.25. The number of rotatable bonds is 4. The SMILES string of the molecule is CS(=O)(=O)c1cc(C(=O)O)c(CF)cc1-n1ccc(=O)cc1. The van der Waals surface area contributed by atoms with Crippen LogP contribution in [0.3, 0.4) is 0 Å². The van der Waals surface area contributed by atoms with Crippen LogP contribution in [0.4, 0.5) is 4.39 Å². The van der Waals surface area contributed by atoms with E-state index in [1.807, 2.05) is 0 Å². The zero-order valence-corrected chi connectivity index (χ0v) is 12.3. The minimum Gasteiger partial charge on any atom is -0.478 e. The third kappa shape index (κ3) is 3.06. The molecule has 0 fully saturated rings. The number of hydrogen-bond donors (Lipinski definition) is 1. The quantitative estimate of drug-likeness (QED) is 0.917. The molecule has 0 saturated carbocycles. The number of carboxylic acid groups (broad SMARTS) is 1. The van der Waals surface area contributed by atoms with E-state index in [4.69, 9.17) is 5.11 Å². The summed E-state index contributed by atoms with van der Waals surface area (Å²) in [5, 5.41) is 9.08. The van der Waals surface area contributed by atoms with Gasteiger partial charge in [0.15, 0.2) is 15.3 Å². The Kier molecular flexibility index (Phi) is 4.14. The van der Waals surface area contributed by atoms with E-state index in [-0.39, 0.29) is 21.6 Å². The van der Waals surface area contributed by atoms with Crippen LogP contribution in [0, 0.1) is 0 Å². The second kappa shape index (κ2) is 5.72. The molecular formula is C14H12FNO5S. The molecule has 0 aliphatic heterocycles. The van der Waals surface area contributed by atoms with Crippen LogP contribution < -0.4 is 5.43 Å². The van der Waals surface area contributed by atoms with Crippen molar-refractivity contribution in [3.63, 3.8) is 0 Å². The zero-order valence-electron chi connectivity index (χ0n) is 11.5. The van der Waals surface area contributed by atoms with Crippen LogP contribution in [0.1, 0.15) is 15.9 Å². The molecule has 0 aliphatic rings. The molecule has 0 atom stereocenters. The first-order valence-electron chi connectivity index (χ1n) is 6.09. The van der Waals surface area contributed by atoms with E-state index in [0.717, 1.165) is 18.4 Å². The standard InChI is InChI=1S/C14H12FNO5S/c1-22(20,21)13-7-11(14(18)19)9(8-15)6-12(13)16-4-2-10(17)3-5-16/h2-7H,8H2,1H3,(H,18,19). The van der Waals surface area contributed by atoms with Gasteiger partial charge in [0.2, 0.25) is 0 Å². The molecule has 0 spiro atoms. The topological polar surface area (TPSA) is 93.4 Å². The number of carboxylic acids is 1. The lowest BCUT2D eigenvalue weighted by atomic mass is 10.1. The lowest BCUT2D eigenvalue weighted by Crippen LogP contribution is -2.11. The van der Waals surface area contributed by atoms with Gasteiger partial charge in [-0.15, -0.1) is 0 Å². The van der Waals surface area contributed by atoms with E-state index in [9.17, 15) is 22.4 Å². The largest absolute Gasteiger partial charge is 0.478 e. The smallest absolute Gasteiger partial charge is 0.336 e. The van der Waals surface area contributed by atoms with Crippen molar-refractivity contribution in [3.05, 3.63) is 58.0 Å². The average molecular weight is 325 g/mol. The molecule has 0 saturated heterocycles. The number of alkyl halides is 1. The summed E-state index contributed by atoms with van der Waals surface area (Å²) in [5.74, 6) is -1.41. The van der Waals surface area contributed by atoms with Crippen LogP contribution in [-0.4, -0.2) is 30.3 Å². The highest BCUT2D eigenvalue weighted by molar-refractivity contribution is 7.90. The molecule has 8 heteroatoms. The maximum absolute atomic E-state index is 13.1. The molecular weight excluding hydrogens is 313 g/mol. The molecule has 116 valence electrons. The molecule has 6 nitrogen and oxygen atoms in total. The lowest BCUT2D eigenvalue weighted by molar-refractivity contribution is 0.0694. The number of benzene rings is 1. The molecule has 0 bridgehead atoms. The summed E-state index contributed by atoms with van der Waals surface area (Å²) in [6.45, 7) is -1.06. The number of hydrogen-bond acceptors (Lipinski definition) is 4. The van der Waals surface area contributed by atoms with Crippen LogP contribution in [0.15, 0.2) is 46.3 Å². The Morgan fingerprint density at radius 3 is 2.32 bits per heavy atom. The molecule has 2 aromatic rings. The minimum atomic E-state index is -3.76. The van der Waals surface area contributed by atoms with Crippen molar-refractivity contribution in [3.8, 4) is 5.69 Å². The minimum absolute atomic E-state index is 0.0835. The third-order valence-corrected chi connectivity index (χ3v) is 4.16. The van der Waals surface area contributed by atoms with Gasteiger partial charge in [-0.1, -0.05) is 0 Å². The summed E-state index contributed by atoms with van der Waals surface area (Å²) in [7, 11) is -3.76. The molecule has 0 aliphatic carbocycles. The monoisotopic (exact) mass is 325 g/mol. The second-order valence-corrected chi connectivity index (χ2v) is 6.61. The molecule has 2 rings (SSSR count). The van der Waals surface area contributed by atoms with E-state index in [1.165, 1.54) is 29.1 Å².